The van der Waals surface area contributed by atoms with E-state index in [0.717, 1.165) is 67.1 Å². The summed E-state index contributed by atoms with van der Waals surface area (Å²) >= 11 is 3.52. The van der Waals surface area contributed by atoms with Gasteiger partial charge in [-0.2, -0.15) is 11.8 Å². The van der Waals surface area contributed by atoms with Crippen LogP contribution in [0.25, 0.3) is 57.7 Å². The molecule has 0 spiro atoms. The van der Waals surface area contributed by atoms with E-state index in [-0.39, 0.29) is 0 Å². The van der Waals surface area contributed by atoms with Crippen LogP contribution in [0.15, 0.2) is 159 Å². The monoisotopic (exact) mass is 721 g/mol. The quantitative estimate of drug-likeness (QED) is 0.128. The largest absolute Gasteiger partial charge is 0.404 e. The summed E-state index contributed by atoms with van der Waals surface area (Å²) in [5, 5.41) is 1.92. The molecular formula is C50H43NS2. The molecule has 0 aliphatic heterocycles. The van der Waals surface area contributed by atoms with Crippen LogP contribution in [-0.4, -0.2) is 6.26 Å². The molecule has 6 aromatic carbocycles. The lowest BCUT2D eigenvalue weighted by Crippen LogP contribution is -2.29. The van der Waals surface area contributed by atoms with E-state index in [1.807, 2.05) is 41.5 Å². The van der Waals surface area contributed by atoms with E-state index in [9.17, 15) is 0 Å². The van der Waals surface area contributed by atoms with Crippen molar-refractivity contribution < 1.29 is 0 Å². The minimum Gasteiger partial charge on any atom is -0.404 e. The molecule has 53 heavy (non-hydrogen) atoms. The SMILES string of the molecule is C=Cc1c(-c2ccc(CSC)cc2)cc2c(c1C=C)-c1c(cc(-c3ccc(CS/C=C\N)cc3)c(C=C)c1C=C)C2(c1ccccc1)c1ccccc1. The molecule has 3 heteroatoms. The molecule has 0 radical (unpaired) electrons. The Hall–Kier alpha value is -5.48. The van der Waals surface area contributed by atoms with Crippen molar-refractivity contribution in [1.29, 1.82) is 0 Å². The molecule has 0 saturated heterocycles. The van der Waals surface area contributed by atoms with Gasteiger partial charge in [0.2, 0.25) is 0 Å². The minimum atomic E-state index is -0.657. The van der Waals surface area contributed by atoms with Gasteiger partial charge in [-0.05, 0) is 113 Å². The average Bonchev–Trinajstić information content (AvgIpc) is 3.51. The molecule has 0 amide bonds. The first-order chi connectivity index (χ1) is 26.0. The van der Waals surface area contributed by atoms with Gasteiger partial charge in [0, 0.05) is 17.7 Å². The molecule has 0 aromatic heterocycles. The summed E-state index contributed by atoms with van der Waals surface area (Å²) in [6, 6.07) is 44.6. The highest BCUT2D eigenvalue weighted by molar-refractivity contribution is 8.01. The van der Waals surface area contributed by atoms with Crippen LogP contribution in [-0.2, 0) is 16.9 Å². The van der Waals surface area contributed by atoms with Crippen molar-refractivity contribution in [2.24, 2.45) is 5.73 Å². The Kier molecular flexibility index (Phi) is 10.6. The fraction of sp³-hybridized carbons (Fsp3) is 0.0800. The first-order valence-electron chi connectivity index (χ1n) is 17.8. The zero-order chi connectivity index (χ0) is 37.0. The molecule has 0 atom stereocenters. The predicted octanol–water partition coefficient (Wildman–Crippen LogP) is 13.5. The molecule has 7 rings (SSSR count). The number of rotatable bonds is 13. The van der Waals surface area contributed by atoms with Crippen LogP contribution in [0, 0.1) is 0 Å². The Bertz CT molecular complexity index is 2310. The molecule has 0 fully saturated rings. The molecule has 0 saturated carbocycles. The first-order valence-corrected chi connectivity index (χ1v) is 20.2. The molecule has 6 aromatic rings. The van der Waals surface area contributed by atoms with Gasteiger partial charge >= 0.3 is 0 Å². The number of hydrogen-bond acceptors (Lipinski definition) is 3. The van der Waals surface area contributed by atoms with Crippen molar-refractivity contribution >= 4 is 47.8 Å². The minimum absolute atomic E-state index is 0.657. The van der Waals surface area contributed by atoms with Crippen LogP contribution < -0.4 is 5.73 Å². The molecule has 0 unspecified atom stereocenters. The molecule has 2 N–H and O–H groups in total. The molecule has 1 nitrogen and oxygen atoms in total. The van der Waals surface area contributed by atoms with Crippen LogP contribution >= 0.6 is 23.5 Å². The van der Waals surface area contributed by atoms with Gasteiger partial charge in [-0.3, -0.25) is 0 Å². The number of benzene rings is 6. The highest BCUT2D eigenvalue weighted by Crippen LogP contribution is 2.61. The normalized spacial score (nSPS) is 12.6. The average molecular weight is 722 g/mol. The lowest BCUT2D eigenvalue weighted by Gasteiger charge is -2.35. The van der Waals surface area contributed by atoms with Gasteiger partial charge in [0.05, 0.1) is 5.41 Å². The number of thioether (sulfide) groups is 2. The maximum Gasteiger partial charge on any atom is 0.0714 e. The molecule has 1 aliphatic rings. The second-order valence-electron chi connectivity index (χ2n) is 13.1. The van der Waals surface area contributed by atoms with E-state index < -0.39 is 5.41 Å². The van der Waals surface area contributed by atoms with Crippen LogP contribution in [0.3, 0.4) is 0 Å². The van der Waals surface area contributed by atoms with Crippen molar-refractivity contribution in [3.05, 3.63) is 215 Å². The number of hydrogen-bond donors (Lipinski definition) is 1. The Morgan fingerprint density at radius 2 is 0.962 bits per heavy atom. The van der Waals surface area contributed by atoms with Crippen molar-refractivity contribution in [1.82, 2.24) is 0 Å². The summed E-state index contributed by atoms with van der Waals surface area (Å²) in [6.07, 6.45) is 11.7. The van der Waals surface area contributed by atoms with Crippen molar-refractivity contribution in [2.45, 2.75) is 16.9 Å². The number of fused-ring (bicyclic) bond motifs is 3. The summed E-state index contributed by atoms with van der Waals surface area (Å²) in [4.78, 5) is 0. The van der Waals surface area contributed by atoms with Gasteiger partial charge in [0.1, 0.15) is 0 Å². The summed E-state index contributed by atoms with van der Waals surface area (Å²) in [5.74, 6) is 1.83. The Balaban J connectivity index is 1.63. The van der Waals surface area contributed by atoms with Gasteiger partial charge in [-0.1, -0.05) is 160 Å². The van der Waals surface area contributed by atoms with Gasteiger partial charge in [0.25, 0.3) is 0 Å². The molecule has 0 bridgehead atoms. The lowest BCUT2D eigenvalue weighted by atomic mass is 9.66. The summed E-state index contributed by atoms with van der Waals surface area (Å²) in [6.45, 7) is 17.6. The van der Waals surface area contributed by atoms with Crippen molar-refractivity contribution in [3.63, 3.8) is 0 Å². The highest BCUT2D eigenvalue weighted by atomic mass is 32.2. The fourth-order valence-electron chi connectivity index (χ4n) is 8.15. The van der Waals surface area contributed by atoms with E-state index in [0.29, 0.717) is 0 Å². The van der Waals surface area contributed by atoms with E-state index in [1.54, 1.807) is 18.0 Å². The fourth-order valence-corrected chi connectivity index (χ4v) is 9.27. The van der Waals surface area contributed by atoms with Gasteiger partial charge in [-0.25, -0.2) is 0 Å². The lowest BCUT2D eigenvalue weighted by molar-refractivity contribution is 0.768. The zero-order valence-corrected chi connectivity index (χ0v) is 31.8. The van der Waals surface area contributed by atoms with E-state index in [1.165, 1.54) is 33.4 Å². The van der Waals surface area contributed by atoms with Crippen LogP contribution in [0.2, 0.25) is 0 Å². The van der Waals surface area contributed by atoms with Crippen molar-refractivity contribution in [3.8, 4) is 33.4 Å². The molecule has 1 aliphatic carbocycles. The van der Waals surface area contributed by atoms with Crippen LogP contribution in [0.1, 0.15) is 55.6 Å². The topological polar surface area (TPSA) is 26.0 Å². The number of nitrogens with two attached hydrogens (primary N) is 1. The maximum absolute atomic E-state index is 5.59. The Labute approximate surface area is 323 Å². The summed E-state index contributed by atoms with van der Waals surface area (Å²) in [7, 11) is 0. The van der Waals surface area contributed by atoms with E-state index in [2.05, 4.69) is 154 Å². The Morgan fingerprint density at radius 3 is 1.34 bits per heavy atom. The van der Waals surface area contributed by atoms with Gasteiger partial charge in [0.15, 0.2) is 0 Å². The maximum atomic E-state index is 5.59. The second-order valence-corrected chi connectivity index (χ2v) is 14.9. The predicted molar refractivity (Wildman–Crippen MR) is 237 cm³/mol. The third kappa shape index (κ3) is 6.14. The summed E-state index contributed by atoms with van der Waals surface area (Å²) < 4.78 is 0. The van der Waals surface area contributed by atoms with Gasteiger partial charge < -0.3 is 5.73 Å². The molecular weight excluding hydrogens is 679 g/mol. The molecule has 260 valence electrons. The smallest absolute Gasteiger partial charge is 0.0714 e. The third-order valence-corrected chi connectivity index (χ3v) is 11.8. The van der Waals surface area contributed by atoms with E-state index >= 15 is 0 Å². The first kappa shape index (κ1) is 35.9. The van der Waals surface area contributed by atoms with E-state index in [4.69, 9.17) is 5.73 Å². The zero-order valence-electron chi connectivity index (χ0n) is 30.1. The molecule has 0 heterocycles. The van der Waals surface area contributed by atoms with Crippen molar-refractivity contribution in [2.75, 3.05) is 6.26 Å². The summed E-state index contributed by atoms with van der Waals surface area (Å²) in [5.41, 5.74) is 23.4. The van der Waals surface area contributed by atoms with Gasteiger partial charge in [-0.15, -0.1) is 11.8 Å². The second kappa shape index (κ2) is 15.6. The standard InChI is InChI=1S/C50H43NS2/c1-6-40-42(8-3)48-46(30-44(40)36-24-20-34(21-25-36)32-52-5)50(38-16-12-10-13-17-38,39-18-14-11-15-19-39)47-31-45(41(7-2)43(9-4)49(47)48)37-26-22-35(23-27-37)33-53-29-28-51/h6-31H,1-4,32-33,51H2,5H3/b29-28-. The van der Waals surface area contributed by atoms with Crippen LogP contribution in [0.5, 0.6) is 0 Å². The third-order valence-electron chi connectivity index (χ3n) is 10.4. The van der Waals surface area contributed by atoms with Crippen LogP contribution in [0.4, 0.5) is 0 Å². The Morgan fingerprint density at radius 1 is 0.547 bits per heavy atom. The highest BCUT2D eigenvalue weighted by Gasteiger charge is 2.49.